The quantitative estimate of drug-likeness (QED) is 0.923. The van der Waals surface area contributed by atoms with Crippen LogP contribution in [-0.2, 0) is 11.2 Å². The second kappa shape index (κ2) is 6.36. The van der Waals surface area contributed by atoms with Gasteiger partial charge in [-0.05, 0) is 49.9 Å². The number of nitrogens with one attached hydrogen (secondary N) is 1. The van der Waals surface area contributed by atoms with Gasteiger partial charge in [0.15, 0.2) is 0 Å². The molecule has 1 amide bonds. The van der Waals surface area contributed by atoms with E-state index in [0.717, 1.165) is 30.6 Å². The number of carbonyl (C=O) groups excluding carboxylic acids is 1. The van der Waals surface area contributed by atoms with Crippen molar-refractivity contribution in [3.05, 3.63) is 58.0 Å². The number of carbonyl (C=O) groups is 1. The fraction of sp³-hybridized carbons (Fsp3) is 0.389. The Labute approximate surface area is 135 Å². The highest BCUT2D eigenvalue weighted by atomic mass is 16.2. The number of anilines is 1. The number of aromatic nitrogens is 2. The van der Waals surface area contributed by atoms with E-state index in [1.807, 2.05) is 24.3 Å². The second-order valence-electron chi connectivity index (χ2n) is 6.03. The molecule has 1 aromatic heterocycles. The summed E-state index contributed by atoms with van der Waals surface area (Å²) in [5, 5.41) is 7.21. The lowest BCUT2D eigenvalue weighted by Crippen LogP contribution is -2.33. The van der Waals surface area contributed by atoms with Gasteiger partial charge in [-0.15, -0.1) is 0 Å². The number of amides is 1. The minimum absolute atomic E-state index is 0.239. The Hall–Kier alpha value is -2.43. The summed E-state index contributed by atoms with van der Waals surface area (Å²) in [6.07, 6.45) is 3.17. The van der Waals surface area contributed by atoms with Gasteiger partial charge in [-0.2, -0.15) is 5.10 Å². The van der Waals surface area contributed by atoms with Gasteiger partial charge in [0.1, 0.15) is 6.04 Å². The molecule has 1 unspecified atom stereocenters. The van der Waals surface area contributed by atoms with Crippen molar-refractivity contribution in [3.63, 3.8) is 0 Å². The highest BCUT2D eigenvalue weighted by Crippen LogP contribution is 2.38. The number of hydrogen-bond donors (Lipinski definition) is 1. The Morgan fingerprint density at radius 1 is 1.26 bits per heavy atom. The zero-order valence-electron chi connectivity index (χ0n) is 13.5. The van der Waals surface area contributed by atoms with Crippen molar-refractivity contribution in [3.8, 4) is 0 Å². The van der Waals surface area contributed by atoms with E-state index in [-0.39, 0.29) is 11.5 Å². The van der Waals surface area contributed by atoms with Gasteiger partial charge in [0.2, 0.25) is 5.91 Å². The number of nitrogens with zero attached hydrogens (tertiary/aromatic N) is 2. The average Bonchev–Trinajstić information content (AvgIpc) is 3.40. The predicted molar refractivity (Wildman–Crippen MR) is 89.6 cm³/mol. The van der Waals surface area contributed by atoms with E-state index >= 15 is 0 Å². The molecule has 1 aromatic carbocycles. The van der Waals surface area contributed by atoms with Crippen LogP contribution in [0.2, 0.25) is 0 Å². The third-order valence-corrected chi connectivity index (χ3v) is 4.22. The lowest BCUT2D eigenvalue weighted by atomic mass is 10.1. The van der Waals surface area contributed by atoms with Crippen LogP contribution < -0.4 is 10.9 Å². The van der Waals surface area contributed by atoms with Gasteiger partial charge in [-0.1, -0.05) is 19.1 Å². The molecule has 5 nitrogen and oxygen atoms in total. The molecule has 1 aliphatic rings. The fourth-order valence-corrected chi connectivity index (χ4v) is 2.50. The number of aryl methyl sites for hydroxylation is 1. The van der Waals surface area contributed by atoms with Crippen molar-refractivity contribution >= 4 is 11.6 Å². The molecule has 23 heavy (non-hydrogen) atoms. The van der Waals surface area contributed by atoms with E-state index in [2.05, 4.69) is 17.3 Å². The molecule has 0 radical (unpaired) electrons. The Morgan fingerprint density at radius 3 is 2.57 bits per heavy atom. The molecular weight excluding hydrogens is 290 g/mol. The van der Waals surface area contributed by atoms with Gasteiger partial charge < -0.3 is 5.32 Å². The predicted octanol–water partition coefficient (Wildman–Crippen LogP) is 2.88. The summed E-state index contributed by atoms with van der Waals surface area (Å²) < 4.78 is 1.28. The maximum Gasteiger partial charge on any atom is 0.267 e. The van der Waals surface area contributed by atoms with Crippen LogP contribution in [0.25, 0.3) is 0 Å². The number of rotatable bonds is 5. The van der Waals surface area contributed by atoms with Crippen molar-refractivity contribution in [2.75, 3.05) is 5.32 Å². The number of hydrogen-bond acceptors (Lipinski definition) is 3. The van der Waals surface area contributed by atoms with Gasteiger partial charge >= 0.3 is 0 Å². The Kier molecular flexibility index (Phi) is 4.28. The molecule has 0 spiro atoms. The topological polar surface area (TPSA) is 64.0 Å². The summed E-state index contributed by atoms with van der Waals surface area (Å²) in [6, 6.07) is 10.3. The molecule has 5 heteroatoms. The van der Waals surface area contributed by atoms with Crippen LogP contribution in [0.3, 0.4) is 0 Å². The molecule has 120 valence electrons. The van der Waals surface area contributed by atoms with Crippen LogP contribution in [0.4, 0.5) is 5.69 Å². The molecule has 1 N–H and O–H groups in total. The van der Waals surface area contributed by atoms with Gasteiger partial charge in [0, 0.05) is 17.7 Å². The molecule has 1 fully saturated rings. The van der Waals surface area contributed by atoms with Crippen LogP contribution >= 0.6 is 0 Å². The molecule has 3 rings (SSSR count). The van der Waals surface area contributed by atoms with Crippen LogP contribution in [0, 0.1) is 0 Å². The van der Waals surface area contributed by atoms with Gasteiger partial charge in [-0.25, -0.2) is 4.68 Å². The second-order valence-corrected chi connectivity index (χ2v) is 6.03. The SMILES string of the molecule is CCc1ccc(NC(=O)C(C)n2nc(C3CC3)ccc2=O)cc1. The van der Waals surface area contributed by atoms with Crippen LogP contribution in [0.1, 0.15) is 49.9 Å². The third-order valence-electron chi connectivity index (χ3n) is 4.22. The average molecular weight is 311 g/mol. The van der Waals surface area contributed by atoms with Crippen molar-refractivity contribution in [1.82, 2.24) is 9.78 Å². The lowest BCUT2D eigenvalue weighted by Gasteiger charge is -2.15. The van der Waals surface area contributed by atoms with Gasteiger partial charge in [0.05, 0.1) is 5.69 Å². The molecule has 1 aliphatic carbocycles. The standard InChI is InChI=1S/C18H21N3O2/c1-3-13-4-8-15(9-5-13)19-18(23)12(2)21-17(22)11-10-16(20-21)14-6-7-14/h4-5,8-12,14H,3,6-7H2,1-2H3,(H,19,23). The summed E-state index contributed by atoms with van der Waals surface area (Å²) in [6.45, 7) is 3.78. The zero-order chi connectivity index (χ0) is 16.4. The maximum absolute atomic E-state index is 12.4. The van der Waals surface area contributed by atoms with E-state index in [1.165, 1.54) is 16.3 Å². The summed E-state index contributed by atoms with van der Waals surface area (Å²) in [4.78, 5) is 24.4. The Bertz CT molecular complexity index is 761. The maximum atomic E-state index is 12.4. The van der Waals surface area contributed by atoms with E-state index in [0.29, 0.717) is 5.92 Å². The molecule has 0 bridgehead atoms. The van der Waals surface area contributed by atoms with Crippen molar-refractivity contribution < 1.29 is 4.79 Å². The van der Waals surface area contributed by atoms with E-state index < -0.39 is 6.04 Å². The number of benzene rings is 1. The molecule has 2 aromatic rings. The molecule has 0 aliphatic heterocycles. The highest BCUT2D eigenvalue weighted by Gasteiger charge is 2.27. The van der Waals surface area contributed by atoms with Crippen molar-refractivity contribution in [2.24, 2.45) is 0 Å². The van der Waals surface area contributed by atoms with Gasteiger partial charge in [0.25, 0.3) is 5.56 Å². The summed E-state index contributed by atoms with van der Waals surface area (Å²) in [5.74, 6) is 0.204. The molecular formula is C18H21N3O2. The molecule has 0 saturated heterocycles. The fourth-order valence-electron chi connectivity index (χ4n) is 2.50. The van der Waals surface area contributed by atoms with Crippen molar-refractivity contribution in [1.29, 1.82) is 0 Å². The third kappa shape index (κ3) is 3.50. The first-order chi connectivity index (χ1) is 11.1. The first-order valence-electron chi connectivity index (χ1n) is 8.08. The largest absolute Gasteiger partial charge is 0.324 e. The normalized spacial score (nSPS) is 15.2. The van der Waals surface area contributed by atoms with Crippen LogP contribution in [0.5, 0.6) is 0 Å². The minimum Gasteiger partial charge on any atom is -0.324 e. The van der Waals surface area contributed by atoms with Crippen LogP contribution in [-0.4, -0.2) is 15.7 Å². The summed E-state index contributed by atoms with van der Waals surface area (Å²) >= 11 is 0. The Balaban J connectivity index is 1.76. The molecule has 1 saturated carbocycles. The molecule has 1 heterocycles. The Morgan fingerprint density at radius 2 is 1.96 bits per heavy atom. The van der Waals surface area contributed by atoms with Crippen LogP contribution in [0.15, 0.2) is 41.2 Å². The van der Waals surface area contributed by atoms with E-state index in [9.17, 15) is 9.59 Å². The van der Waals surface area contributed by atoms with E-state index in [4.69, 9.17) is 0 Å². The van der Waals surface area contributed by atoms with Gasteiger partial charge in [-0.3, -0.25) is 9.59 Å². The first-order valence-corrected chi connectivity index (χ1v) is 8.08. The zero-order valence-corrected chi connectivity index (χ0v) is 13.5. The van der Waals surface area contributed by atoms with Crippen molar-refractivity contribution in [2.45, 2.75) is 45.1 Å². The highest BCUT2D eigenvalue weighted by molar-refractivity contribution is 5.93. The summed E-state index contributed by atoms with van der Waals surface area (Å²) in [7, 11) is 0. The lowest BCUT2D eigenvalue weighted by molar-refractivity contribution is -0.119. The summed E-state index contributed by atoms with van der Waals surface area (Å²) in [5.41, 5.74) is 2.59. The smallest absolute Gasteiger partial charge is 0.267 e. The van der Waals surface area contributed by atoms with E-state index in [1.54, 1.807) is 13.0 Å². The monoisotopic (exact) mass is 311 g/mol. The molecule has 1 atom stereocenters. The minimum atomic E-state index is -0.646. The first kappa shape index (κ1) is 15.5.